The molecule has 0 heterocycles. The number of benzene rings is 2. The molecule has 176 valence electrons. The maximum absolute atomic E-state index is 13.6. The van der Waals surface area contributed by atoms with Gasteiger partial charge in [0.1, 0.15) is 0 Å². The summed E-state index contributed by atoms with van der Waals surface area (Å²) >= 11 is 11.8. The molecule has 2 nitrogen and oxygen atoms in total. The van der Waals surface area contributed by atoms with Crippen LogP contribution >= 0.6 is 23.2 Å². The Hall–Kier alpha value is -0.940. The van der Waals surface area contributed by atoms with E-state index in [1.807, 2.05) is 62.4 Å². The van der Waals surface area contributed by atoms with Crippen LogP contribution in [0, 0.1) is 19.8 Å². The van der Waals surface area contributed by atoms with E-state index in [1.54, 1.807) is 0 Å². The van der Waals surface area contributed by atoms with Crippen LogP contribution in [-0.4, -0.2) is 25.9 Å². The molecule has 2 aromatic carbocycles. The van der Waals surface area contributed by atoms with Crippen LogP contribution in [0.4, 0.5) is 0 Å². The van der Waals surface area contributed by atoms with Crippen molar-refractivity contribution in [2.45, 2.75) is 62.2 Å². The zero-order valence-electron chi connectivity index (χ0n) is 19.0. The SMILES string of the molecule is Cc1ccc(S(=O)CC(CCCCCl)/C(=C/CCCCCl)S(=O)c2ccc(C)cc2)cc1. The molecule has 32 heavy (non-hydrogen) atoms. The smallest absolute Gasteiger partial charge is 0.0808 e. The molecule has 3 unspecified atom stereocenters. The van der Waals surface area contributed by atoms with Crippen LogP contribution in [0.5, 0.6) is 0 Å². The van der Waals surface area contributed by atoms with Gasteiger partial charge in [-0.1, -0.05) is 47.9 Å². The van der Waals surface area contributed by atoms with Crippen LogP contribution < -0.4 is 0 Å². The van der Waals surface area contributed by atoms with Gasteiger partial charge in [-0.25, -0.2) is 4.21 Å². The fraction of sp³-hybridized carbons (Fsp3) is 0.462. The van der Waals surface area contributed by atoms with Gasteiger partial charge in [0.25, 0.3) is 0 Å². The predicted molar refractivity (Wildman–Crippen MR) is 141 cm³/mol. The summed E-state index contributed by atoms with van der Waals surface area (Å²) in [7, 11) is -2.45. The minimum atomic E-state index is -1.29. The van der Waals surface area contributed by atoms with E-state index in [4.69, 9.17) is 23.2 Å². The highest BCUT2D eigenvalue weighted by molar-refractivity contribution is 7.89. The van der Waals surface area contributed by atoms with Crippen LogP contribution in [0.2, 0.25) is 0 Å². The van der Waals surface area contributed by atoms with Gasteiger partial charge >= 0.3 is 0 Å². The number of hydrogen-bond donors (Lipinski definition) is 0. The Balaban J connectivity index is 2.32. The minimum absolute atomic E-state index is 0.0292. The summed E-state index contributed by atoms with van der Waals surface area (Å²) < 4.78 is 26.9. The molecule has 0 saturated heterocycles. The molecule has 0 N–H and O–H groups in total. The molecule has 0 aliphatic heterocycles. The molecular formula is C26H34Cl2O2S2. The molecule has 0 fully saturated rings. The largest absolute Gasteiger partial charge is 0.254 e. The predicted octanol–water partition coefficient (Wildman–Crippen LogP) is 7.54. The van der Waals surface area contributed by atoms with Crippen molar-refractivity contribution in [3.05, 3.63) is 70.6 Å². The molecule has 3 atom stereocenters. The number of alkyl halides is 2. The molecule has 0 aliphatic carbocycles. The lowest BCUT2D eigenvalue weighted by molar-refractivity contribution is 0.582. The molecule has 0 saturated carbocycles. The molecule has 0 aromatic heterocycles. The molecule has 0 spiro atoms. The van der Waals surface area contributed by atoms with Crippen molar-refractivity contribution < 1.29 is 8.42 Å². The lowest BCUT2D eigenvalue weighted by Crippen LogP contribution is -2.18. The topological polar surface area (TPSA) is 34.1 Å². The van der Waals surface area contributed by atoms with Crippen molar-refractivity contribution in [1.29, 1.82) is 0 Å². The summed E-state index contributed by atoms with van der Waals surface area (Å²) in [5.41, 5.74) is 2.28. The van der Waals surface area contributed by atoms with Crippen LogP contribution in [0.25, 0.3) is 0 Å². The molecule has 0 radical (unpaired) electrons. The van der Waals surface area contributed by atoms with Gasteiger partial charge in [-0.2, -0.15) is 0 Å². The molecule has 6 heteroatoms. The molecule has 2 rings (SSSR count). The second-order valence-corrected chi connectivity index (χ2v) is 11.8. The van der Waals surface area contributed by atoms with Crippen molar-refractivity contribution in [3.8, 4) is 0 Å². The van der Waals surface area contributed by atoms with E-state index < -0.39 is 21.6 Å². The van der Waals surface area contributed by atoms with Gasteiger partial charge < -0.3 is 0 Å². The van der Waals surface area contributed by atoms with Crippen molar-refractivity contribution in [1.82, 2.24) is 0 Å². The van der Waals surface area contributed by atoms with E-state index in [0.29, 0.717) is 17.5 Å². The van der Waals surface area contributed by atoms with Gasteiger partial charge in [0.15, 0.2) is 0 Å². The first kappa shape index (κ1) is 27.3. The number of allylic oxidation sites excluding steroid dienone is 2. The maximum Gasteiger partial charge on any atom is 0.0808 e. The Kier molecular flexibility index (Phi) is 12.8. The van der Waals surface area contributed by atoms with Crippen molar-refractivity contribution in [2.75, 3.05) is 17.5 Å². The highest BCUT2D eigenvalue weighted by Crippen LogP contribution is 2.29. The van der Waals surface area contributed by atoms with Gasteiger partial charge in [0.2, 0.25) is 0 Å². The summed E-state index contributed by atoms with van der Waals surface area (Å²) in [5, 5.41) is 0. The second-order valence-electron chi connectivity index (χ2n) is 8.08. The van der Waals surface area contributed by atoms with Crippen molar-refractivity contribution in [2.24, 2.45) is 5.92 Å². The quantitative estimate of drug-likeness (QED) is 0.193. The fourth-order valence-electron chi connectivity index (χ4n) is 3.44. The summed E-state index contributed by atoms with van der Waals surface area (Å²) in [5.74, 6) is 1.66. The lowest BCUT2D eigenvalue weighted by atomic mass is 10.0. The van der Waals surface area contributed by atoms with Crippen LogP contribution in [-0.2, 0) is 21.6 Å². The first-order valence-corrected chi connectivity index (χ1v) is 14.8. The van der Waals surface area contributed by atoms with Gasteiger partial charge in [0, 0.05) is 38.1 Å². The highest BCUT2D eigenvalue weighted by Gasteiger charge is 2.24. The highest BCUT2D eigenvalue weighted by atomic mass is 35.5. The average molecular weight is 514 g/mol. The first-order chi connectivity index (χ1) is 15.5. The molecule has 0 aliphatic rings. The third-order valence-electron chi connectivity index (χ3n) is 5.36. The Morgan fingerprint density at radius 3 is 1.91 bits per heavy atom. The summed E-state index contributed by atoms with van der Waals surface area (Å²) in [6, 6.07) is 15.7. The molecular weight excluding hydrogens is 479 g/mol. The Morgan fingerprint density at radius 2 is 1.34 bits per heavy atom. The fourth-order valence-corrected chi connectivity index (χ4v) is 6.69. The second kappa shape index (κ2) is 15.1. The average Bonchev–Trinajstić information content (AvgIpc) is 2.79. The van der Waals surface area contributed by atoms with Crippen LogP contribution in [0.15, 0.2) is 69.3 Å². The molecule has 0 amide bonds. The Labute approximate surface area is 208 Å². The number of unbranched alkanes of at least 4 members (excludes halogenated alkanes) is 3. The first-order valence-electron chi connectivity index (χ1n) is 11.2. The normalized spacial score (nSPS) is 14.8. The van der Waals surface area contributed by atoms with E-state index in [0.717, 1.165) is 64.3 Å². The number of rotatable bonds is 14. The third-order valence-corrected chi connectivity index (χ3v) is 9.02. The van der Waals surface area contributed by atoms with Crippen molar-refractivity contribution in [3.63, 3.8) is 0 Å². The Bertz CT molecular complexity index is 893. The van der Waals surface area contributed by atoms with Gasteiger partial charge in [-0.05, 0) is 70.2 Å². The molecule has 2 aromatic rings. The van der Waals surface area contributed by atoms with E-state index in [-0.39, 0.29) is 5.92 Å². The summed E-state index contributed by atoms with van der Waals surface area (Å²) in [6.07, 6.45) is 7.45. The summed E-state index contributed by atoms with van der Waals surface area (Å²) in [6.45, 7) is 4.04. The van der Waals surface area contributed by atoms with E-state index >= 15 is 0 Å². The number of hydrogen-bond acceptors (Lipinski definition) is 2. The zero-order chi connectivity index (χ0) is 23.3. The standard InChI is InChI=1S/C26H34Cl2O2S2/c1-21-10-14-24(15-11-21)31(29)20-23(8-5-7-19-28)26(9-4-3-6-18-27)32(30)25-16-12-22(2)13-17-25/h9-17,23H,3-8,18-20H2,1-2H3/b26-9-. The van der Waals surface area contributed by atoms with Gasteiger partial charge in [-0.15, -0.1) is 23.2 Å². The third kappa shape index (κ3) is 9.13. The van der Waals surface area contributed by atoms with E-state index in [1.165, 1.54) is 0 Å². The Morgan fingerprint density at radius 1 is 0.812 bits per heavy atom. The maximum atomic E-state index is 13.6. The monoisotopic (exact) mass is 512 g/mol. The minimum Gasteiger partial charge on any atom is -0.254 e. The summed E-state index contributed by atoms with van der Waals surface area (Å²) in [4.78, 5) is 2.50. The van der Waals surface area contributed by atoms with E-state index in [2.05, 4.69) is 6.08 Å². The van der Waals surface area contributed by atoms with Gasteiger partial charge in [0.05, 0.1) is 21.6 Å². The number of aryl methyl sites for hydroxylation is 2. The number of halogens is 2. The van der Waals surface area contributed by atoms with Crippen LogP contribution in [0.1, 0.15) is 49.7 Å². The lowest BCUT2D eigenvalue weighted by Gasteiger charge is -2.21. The molecule has 0 bridgehead atoms. The van der Waals surface area contributed by atoms with Crippen LogP contribution in [0.3, 0.4) is 0 Å². The van der Waals surface area contributed by atoms with Gasteiger partial charge in [-0.3, -0.25) is 4.21 Å². The van der Waals surface area contributed by atoms with E-state index in [9.17, 15) is 8.42 Å². The van der Waals surface area contributed by atoms with Crippen molar-refractivity contribution >= 4 is 44.8 Å². The zero-order valence-corrected chi connectivity index (χ0v) is 22.2.